The number of amides is 1. The summed E-state index contributed by atoms with van der Waals surface area (Å²) in [6, 6.07) is 0. The standard InChI is InChI=1S/C29H45NO6/c1-6-13-30-25(32)11-12-29(4,5)28(34)36-24-15-18(2)14-20-8-7-19(3)23(27(20)24)10-9-22-16-21(31)17-26(33)35-22/h7-8,14,18-19,21-24,27,31H,6,9-13,15-17H2,1-5H3,(H,30,32)/t18-,19-,21+,22+,23-,24-,27-/m0/s1. The highest BCUT2D eigenvalue weighted by Gasteiger charge is 2.43. The Hall–Kier alpha value is -2.15. The molecule has 3 aliphatic rings. The first-order chi connectivity index (χ1) is 17.0. The molecule has 0 radical (unpaired) electrons. The zero-order chi connectivity index (χ0) is 26.5. The number of aliphatic hydroxyl groups is 1. The van der Waals surface area contributed by atoms with Gasteiger partial charge in [0.15, 0.2) is 0 Å². The molecule has 0 bridgehead atoms. The van der Waals surface area contributed by atoms with Crippen LogP contribution in [0.3, 0.4) is 0 Å². The summed E-state index contributed by atoms with van der Waals surface area (Å²) in [5, 5.41) is 12.9. The summed E-state index contributed by atoms with van der Waals surface area (Å²) in [4.78, 5) is 37.2. The number of esters is 2. The molecule has 0 aromatic carbocycles. The van der Waals surface area contributed by atoms with Crippen molar-refractivity contribution in [3.05, 3.63) is 23.8 Å². The third kappa shape index (κ3) is 7.44. The van der Waals surface area contributed by atoms with E-state index < -0.39 is 11.5 Å². The largest absolute Gasteiger partial charge is 0.462 e. The number of cyclic esters (lactones) is 1. The number of aliphatic hydroxyl groups excluding tert-OH is 1. The summed E-state index contributed by atoms with van der Waals surface area (Å²) >= 11 is 0. The molecule has 1 amide bonds. The Morgan fingerprint density at radius 2 is 1.97 bits per heavy atom. The molecule has 202 valence electrons. The van der Waals surface area contributed by atoms with Gasteiger partial charge in [0, 0.05) is 25.3 Å². The second-order valence-corrected chi connectivity index (χ2v) is 11.7. The second-order valence-electron chi connectivity index (χ2n) is 11.7. The van der Waals surface area contributed by atoms with Gasteiger partial charge in [-0.1, -0.05) is 39.0 Å². The van der Waals surface area contributed by atoms with Gasteiger partial charge in [0.2, 0.25) is 5.91 Å². The maximum atomic E-state index is 13.3. The first-order valence-corrected chi connectivity index (χ1v) is 13.8. The smallest absolute Gasteiger partial charge is 0.311 e. The fraction of sp³-hybridized carbons (Fsp3) is 0.759. The third-order valence-electron chi connectivity index (χ3n) is 8.01. The van der Waals surface area contributed by atoms with Crippen LogP contribution in [0.1, 0.15) is 86.0 Å². The van der Waals surface area contributed by atoms with Crippen LogP contribution < -0.4 is 5.32 Å². The van der Waals surface area contributed by atoms with E-state index in [1.807, 2.05) is 20.8 Å². The van der Waals surface area contributed by atoms with E-state index in [0.29, 0.717) is 44.1 Å². The minimum absolute atomic E-state index is 0.0333. The van der Waals surface area contributed by atoms with Gasteiger partial charge in [0.1, 0.15) is 12.2 Å². The Morgan fingerprint density at radius 1 is 1.22 bits per heavy atom. The Labute approximate surface area is 216 Å². The van der Waals surface area contributed by atoms with Crippen molar-refractivity contribution in [2.24, 2.45) is 29.1 Å². The molecule has 1 saturated heterocycles. The van der Waals surface area contributed by atoms with Crippen LogP contribution in [-0.4, -0.2) is 47.8 Å². The number of carbonyl (C=O) groups excluding carboxylic acids is 3. The monoisotopic (exact) mass is 503 g/mol. The Bertz CT molecular complexity index is 862. The van der Waals surface area contributed by atoms with Gasteiger partial charge in [-0.3, -0.25) is 14.4 Å². The van der Waals surface area contributed by atoms with Crippen LogP contribution >= 0.6 is 0 Å². The Balaban J connectivity index is 1.68. The highest BCUT2D eigenvalue weighted by molar-refractivity contribution is 5.79. The summed E-state index contributed by atoms with van der Waals surface area (Å²) in [7, 11) is 0. The zero-order valence-corrected chi connectivity index (χ0v) is 22.6. The third-order valence-corrected chi connectivity index (χ3v) is 8.01. The predicted molar refractivity (Wildman–Crippen MR) is 138 cm³/mol. The summed E-state index contributed by atoms with van der Waals surface area (Å²) < 4.78 is 11.7. The fourth-order valence-corrected chi connectivity index (χ4v) is 5.82. The first kappa shape index (κ1) is 28.4. The fourth-order valence-electron chi connectivity index (χ4n) is 5.82. The van der Waals surface area contributed by atoms with E-state index in [1.54, 1.807) is 0 Å². The van der Waals surface area contributed by atoms with E-state index in [0.717, 1.165) is 19.3 Å². The van der Waals surface area contributed by atoms with E-state index in [9.17, 15) is 19.5 Å². The van der Waals surface area contributed by atoms with Crippen LogP contribution in [0.5, 0.6) is 0 Å². The van der Waals surface area contributed by atoms with E-state index in [4.69, 9.17) is 9.47 Å². The summed E-state index contributed by atoms with van der Waals surface area (Å²) in [6.07, 6.45) is 9.98. The molecular formula is C29H45NO6. The lowest BCUT2D eigenvalue weighted by molar-refractivity contribution is -0.166. The number of hydrogen-bond acceptors (Lipinski definition) is 6. The average Bonchev–Trinajstić information content (AvgIpc) is 2.80. The quantitative estimate of drug-likeness (QED) is 0.426. The highest BCUT2D eigenvalue weighted by atomic mass is 16.6. The van der Waals surface area contributed by atoms with Gasteiger partial charge in [0.05, 0.1) is 17.9 Å². The summed E-state index contributed by atoms with van der Waals surface area (Å²) in [5.74, 6) is 0.292. The van der Waals surface area contributed by atoms with Crippen molar-refractivity contribution in [3.63, 3.8) is 0 Å². The van der Waals surface area contributed by atoms with Crippen molar-refractivity contribution in [1.82, 2.24) is 5.32 Å². The van der Waals surface area contributed by atoms with Crippen molar-refractivity contribution in [2.45, 2.75) is 104 Å². The molecule has 0 saturated carbocycles. The van der Waals surface area contributed by atoms with E-state index in [2.05, 4.69) is 37.4 Å². The van der Waals surface area contributed by atoms with Crippen molar-refractivity contribution in [3.8, 4) is 0 Å². The number of hydrogen-bond donors (Lipinski definition) is 2. The molecule has 2 aliphatic carbocycles. The summed E-state index contributed by atoms with van der Waals surface area (Å²) in [5.41, 5.74) is 0.457. The van der Waals surface area contributed by atoms with Crippen LogP contribution in [0.4, 0.5) is 0 Å². The van der Waals surface area contributed by atoms with Crippen LogP contribution in [0.2, 0.25) is 0 Å². The van der Waals surface area contributed by atoms with Crippen LogP contribution in [0.15, 0.2) is 23.8 Å². The molecule has 36 heavy (non-hydrogen) atoms. The second kappa shape index (κ2) is 12.4. The lowest BCUT2D eigenvalue weighted by Gasteiger charge is -2.44. The van der Waals surface area contributed by atoms with Crippen molar-refractivity contribution in [1.29, 1.82) is 0 Å². The van der Waals surface area contributed by atoms with Crippen molar-refractivity contribution >= 4 is 17.8 Å². The van der Waals surface area contributed by atoms with Crippen molar-refractivity contribution < 1.29 is 29.0 Å². The molecule has 7 atom stereocenters. The Morgan fingerprint density at radius 3 is 2.67 bits per heavy atom. The van der Waals surface area contributed by atoms with Crippen LogP contribution in [0, 0.1) is 29.1 Å². The average molecular weight is 504 g/mol. The minimum atomic E-state index is -0.758. The van der Waals surface area contributed by atoms with Crippen LogP contribution in [-0.2, 0) is 23.9 Å². The van der Waals surface area contributed by atoms with Gasteiger partial charge >= 0.3 is 11.9 Å². The maximum absolute atomic E-state index is 13.3. The number of ether oxygens (including phenoxy) is 2. The number of carbonyl (C=O) groups is 3. The highest BCUT2D eigenvalue weighted by Crippen LogP contribution is 2.45. The molecule has 2 N–H and O–H groups in total. The maximum Gasteiger partial charge on any atom is 0.311 e. The van der Waals surface area contributed by atoms with Crippen molar-refractivity contribution in [2.75, 3.05) is 6.54 Å². The molecule has 0 unspecified atom stereocenters. The molecule has 3 rings (SSSR count). The van der Waals surface area contributed by atoms with Gasteiger partial charge in [-0.15, -0.1) is 0 Å². The van der Waals surface area contributed by atoms with E-state index >= 15 is 0 Å². The SMILES string of the molecule is CCCNC(=O)CCC(C)(C)C(=O)O[C@H]1C[C@@H](C)C=C2C=C[C@H](C)[C@H](CC[C@@H]3C[C@@H](O)CC(=O)O3)[C@H]21. The number of fused-ring (bicyclic) bond motifs is 1. The number of allylic oxidation sites excluding steroid dienone is 3. The molecular weight excluding hydrogens is 458 g/mol. The van der Waals surface area contributed by atoms with Gasteiger partial charge < -0.3 is 19.9 Å². The molecule has 0 spiro atoms. The van der Waals surface area contributed by atoms with Gasteiger partial charge in [-0.2, -0.15) is 0 Å². The number of rotatable bonds is 10. The van der Waals surface area contributed by atoms with E-state index in [-0.39, 0.29) is 48.3 Å². The normalized spacial score (nSPS) is 32.2. The lowest BCUT2D eigenvalue weighted by atomic mass is 9.65. The molecule has 1 aliphatic heterocycles. The molecule has 1 heterocycles. The predicted octanol–water partition coefficient (Wildman–Crippen LogP) is 4.48. The molecule has 1 fully saturated rings. The molecule has 7 heteroatoms. The zero-order valence-electron chi connectivity index (χ0n) is 22.6. The van der Waals surface area contributed by atoms with E-state index in [1.165, 1.54) is 5.57 Å². The Kier molecular flexibility index (Phi) is 9.79. The van der Waals surface area contributed by atoms with Crippen LogP contribution in [0.25, 0.3) is 0 Å². The molecule has 0 aromatic heterocycles. The van der Waals surface area contributed by atoms with Gasteiger partial charge in [0.25, 0.3) is 0 Å². The lowest BCUT2D eigenvalue weighted by Crippen LogP contribution is -2.43. The molecule has 7 nitrogen and oxygen atoms in total. The topological polar surface area (TPSA) is 102 Å². The minimum Gasteiger partial charge on any atom is -0.462 e. The summed E-state index contributed by atoms with van der Waals surface area (Å²) in [6.45, 7) is 10.7. The van der Waals surface area contributed by atoms with Gasteiger partial charge in [-0.25, -0.2) is 0 Å². The number of nitrogens with one attached hydrogen (secondary N) is 1. The first-order valence-electron chi connectivity index (χ1n) is 13.8. The molecule has 0 aromatic rings. The van der Waals surface area contributed by atoms with Gasteiger partial charge in [-0.05, 0) is 69.3 Å².